The van der Waals surface area contributed by atoms with Gasteiger partial charge in [0.15, 0.2) is 0 Å². The first-order valence-electron chi connectivity index (χ1n) is 8.76. The number of carbonyl (C=O) groups is 2. The van der Waals surface area contributed by atoms with E-state index in [0.29, 0.717) is 35.1 Å². The Kier molecular flexibility index (Phi) is 7.01. The van der Waals surface area contributed by atoms with Crippen LogP contribution in [-0.2, 0) is 11.2 Å². The summed E-state index contributed by atoms with van der Waals surface area (Å²) in [7, 11) is 5.22. The van der Waals surface area contributed by atoms with E-state index in [4.69, 9.17) is 13.0 Å². The maximum atomic E-state index is 12.4. The lowest BCUT2D eigenvalue weighted by atomic mass is 9.94. The molecule has 2 rings (SSSR count). The van der Waals surface area contributed by atoms with Gasteiger partial charge in [-0.25, -0.2) is 4.79 Å². The number of hydrogen-bond acceptors (Lipinski definition) is 4. The molecule has 0 saturated heterocycles. The van der Waals surface area contributed by atoms with Crippen molar-refractivity contribution in [3.8, 4) is 5.75 Å². The molecule has 28 heavy (non-hydrogen) atoms. The lowest BCUT2D eigenvalue weighted by Crippen LogP contribution is -2.28. The molecule has 0 heterocycles. The lowest BCUT2D eigenvalue weighted by Gasteiger charge is -2.16. The van der Waals surface area contributed by atoms with Gasteiger partial charge in [0.25, 0.3) is 5.91 Å². The quantitative estimate of drug-likeness (QED) is 0.437. The molecule has 2 aromatic rings. The normalized spacial score (nSPS) is 12.5. The van der Waals surface area contributed by atoms with Crippen molar-refractivity contribution < 1.29 is 24.9 Å². The molecular weight excluding hydrogens is 357 g/mol. The van der Waals surface area contributed by atoms with E-state index in [-0.39, 0.29) is 5.75 Å². The van der Waals surface area contributed by atoms with Crippen molar-refractivity contribution in [2.24, 2.45) is 0 Å². The molecule has 0 aliphatic heterocycles. The minimum atomic E-state index is -1.33. The molecule has 4 N–H and O–H groups in total. The Hall–Kier alpha value is -3.06. The van der Waals surface area contributed by atoms with Crippen LogP contribution >= 0.6 is 0 Å². The summed E-state index contributed by atoms with van der Waals surface area (Å²) in [4.78, 5) is 23.4. The first kappa shape index (κ1) is 21.2. The number of carboxylic acid groups (broad SMARTS) is 1. The van der Waals surface area contributed by atoms with Crippen molar-refractivity contribution >= 4 is 19.7 Å². The van der Waals surface area contributed by atoms with Crippen LogP contribution in [0.15, 0.2) is 48.1 Å². The zero-order valence-corrected chi connectivity index (χ0v) is 15.8. The number of aromatic hydroxyl groups is 1. The van der Waals surface area contributed by atoms with Crippen molar-refractivity contribution in [1.82, 2.24) is 5.32 Å². The van der Waals surface area contributed by atoms with Crippen LogP contribution in [0.5, 0.6) is 5.75 Å². The molecule has 1 unspecified atom stereocenters. The highest BCUT2D eigenvalue weighted by Gasteiger charge is 2.18. The second kappa shape index (κ2) is 9.24. The van der Waals surface area contributed by atoms with Gasteiger partial charge in [-0.2, -0.15) is 0 Å². The summed E-state index contributed by atoms with van der Waals surface area (Å²) in [6.07, 6.45) is 0.293. The standard InChI is InChI=1S/C21H22BNO5/c1-12-8-15(18(25)7-6-14-4-3-5-16(24)10-14)9-13(2)19(12)20(26)23-17(11-22)21(27)28/h3-5,8-11,18,24-25H,6-7H2,1-2H3,(H,23,26)(H,27,28)/b17-11-. The SMILES string of the molecule is [B]/C=C(\NC(=O)c1c(C)cc(C(O)CCc2cccc(O)c2)cc1C)C(=O)O. The molecule has 1 amide bonds. The van der Waals surface area contributed by atoms with Crippen molar-refractivity contribution in [2.45, 2.75) is 32.8 Å². The molecule has 0 fully saturated rings. The van der Waals surface area contributed by atoms with Crippen LogP contribution in [-0.4, -0.2) is 35.0 Å². The monoisotopic (exact) mass is 379 g/mol. The maximum Gasteiger partial charge on any atom is 0.351 e. The fourth-order valence-electron chi connectivity index (χ4n) is 3.08. The number of phenols is 1. The van der Waals surface area contributed by atoms with Crippen molar-refractivity contribution in [3.05, 3.63) is 75.9 Å². The number of aryl methyl sites for hydroxylation is 3. The van der Waals surface area contributed by atoms with E-state index in [2.05, 4.69) is 5.32 Å². The Morgan fingerprint density at radius 3 is 2.36 bits per heavy atom. The van der Waals surface area contributed by atoms with Crippen molar-refractivity contribution in [2.75, 3.05) is 0 Å². The highest BCUT2D eigenvalue weighted by atomic mass is 16.4. The second-order valence-corrected chi connectivity index (χ2v) is 6.59. The first-order chi connectivity index (χ1) is 13.2. The fraction of sp³-hybridized carbons (Fsp3) is 0.238. The van der Waals surface area contributed by atoms with Crippen LogP contribution in [0.1, 0.15) is 45.1 Å². The summed E-state index contributed by atoms with van der Waals surface area (Å²) >= 11 is 0. The average molecular weight is 379 g/mol. The summed E-state index contributed by atoms with van der Waals surface area (Å²) in [5.41, 5.74) is 2.75. The topological polar surface area (TPSA) is 107 Å². The zero-order chi connectivity index (χ0) is 20.8. The van der Waals surface area contributed by atoms with Crippen LogP contribution in [0.4, 0.5) is 0 Å². The maximum absolute atomic E-state index is 12.4. The fourth-order valence-corrected chi connectivity index (χ4v) is 3.08. The summed E-state index contributed by atoms with van der Waals surface area (Å²) in [5, 5.41) is 31.3. The Morgan fingerprint density at radius 2 is 1.82 bits per heavy atom. The predicted molar refractivity (Wildman–Crippen MR) is 106 cm³/mol. The van der Waals surface area contributed by atoms with Gasteiger partial charge in [-0.15, -0.1) is 5.98 Å². The largest absolute Gasteiger partial charge is 0.508 e. The van der Waals surface area contributed by atoms with Crippen LogP contribution in [0.25, 0.3) is 0 Å². The van der Waals surface area contributed by atoms with Crippen LogP contribution < -0.4 is 5.32 Å². The highest BCUT2D eigenvalue weighted by molar-refractivity contribution is 6.20. The van der Waals surface area contributed by atoms with Gasteiger partial charge in [0.2, 0.25) is 0 Å². The van der Waals surface area contributed by atoms with E-state index < -0.39 is 23.7 Å². The molecule has 0 aromatic heterocycles. The molecule has 0 spiro atoms. The smallest absolute Gasteiger partial charge is 0.351 e. The third-order valence-electron chi connectivity index (χ3n) is 4.43. The van der Waals surface area contributed by atoms with E-state index in [1.807, 2.05) is 6.07 Å². The average Bonchev–Trinajstić information content (AvgIpc) is 2.63. The van der Waals surface area contributed by atoms with E-state index in [0.717, 1.165) is 11.5 Å². The van der Waals surface area contributed by atoms with Gasteiger partial charge < -0.3 is 20.6 Å². The summed E-state index contributed by atoms with van der Waals surface area (Å²) < 4.78 is 0. The summed E-state index contributed by atoms with van der Waals surface area (Å²) in [5.74, 6) is -0.897. The molecule has 0 aliphatic carbocycles. The van der Waals surface area contributed by atoms with Crippen LogP contribution in [0.2, 0.25) is 0 Å². The first-order valence-corrected chi connectivity index (χ1v) is 8.76. The Bertz CT molecular complexity index is 900. The van der Waals surface area contributed by atoms with Gasteiger partial charge in [-0.05, 0) is 61.1 Å². The number of aliphatic hydroxyl groups is 1. The van der Waals surface area contributed by atoms with Gasteiger partial charge in [-0.3, -0.25) is 4.79 Å². The molecule has 7 heteroatoms. The van der Waals surface area contributed by atoms with E-state index in [1.54, 1.807) is 44.2 Å². The number of nitrogens with one attached hydrogen (secondary N) is 1. The molecule has 0 saturated carbocycles. The van der Waals surface area contributed by atoms with Crippen LogP contribution in [0.3, 0.4) is 0 Å². The molecule has 1 atom stereocenters. The van der Waals surface area contributed by atoms with Gasteiger partial charge in [-0.1, -0.05) is 24.3 Å². The van der Waals surface area contributed by atoms with Crippen molar-refractivity contribution in [1.29, 1.82) is 0 Å². The number of carboxylic acids is 1. The minimum absolute atomic E-state index is 0.182. The van der Waals surface area contributed by atoms with Gasteiger partial charge in [0, 0.05) is 5.56 Å². The number of phenolic OH excluding ortho intramolecular Hbond substituents is 1. The molecule has 6 nitrogen and oxygen atoms in total. The zero-order valence-electron chi connectivity index (χ0n) is 15.8. The van der Waals surface area contributed by atoms with Crippen LogP contribution in [0, 0.1) is 13.8 Å². The second-order valence-electron chi connectivity index (χ2n) is 6.59. The number of aliphatic hydroxyl groups excluding tert-OH is 1. The molecule has 0 aliphatic rings. The lowest BCUT2D eigenvalue weighted by molar-refractivity contribution is -0.133. The molecule has 0 bridgehead atoms. The number of hydrogen-bond donors (Lipinski definition) is 4. The number of carbonyl (C=O) groups excluding carboxylic acids is 1. The predicted octanol–water partition coefficient (Wildman–Crippen LogP) is 2.50. The Balaban J connectivity index is 2.15. The summed E-state index contributed by atoms with van der Waals surface area (Å²) in [6.45, 7) is 3.44. The third kappa shape index (κ3) is 5.23. The van der Waals surface area contributed by atoms with E-state index in [1.165, 1.54) is 0 Å². The number of rotatable bonds is 7. The third-order valence-corrected chi connectivity index (χ3v) is 4.43. The van der Waals surface area contributed by atoms with E-state index in [9.17, 15) is 19.8 Å². The number of benzene rings is 2. The van der Waals surface area contributed by atoms with E-state index >= 15 is 0 Å². The van der Waals surface area contributed by atoms with Crippen molar-refractivity contribution in [3.63, 3.8) is 0 Å². The Labute approximate surface area is 164 Å². The molecular formula is C21H22BNO5. The molecule has 2 aromatic carbocycles. The Morgan fingerprint density at radius 1 is 1.18 bits per heavy atom. The highest BCUT2D eigenvalue weighted by Crippen LogP contribution is 2.25. The number of amides is 1. The summed E-state index contributed by atoms with van der Waals surface area (Å²) in [6, 6.07) is 10.3. The number of aliphatic carboxylic acids is 1. The van der Waals surface area contributed by atoms with Gasteiger partial charge >= 0.3 is 5.97 Å². The minimum Gasteiger partial charge on any atom is -0.508 e. The molecule has 2 radical (unpaired) electrons. The molecule has 144 valence electrons. The van der Waals surface area contributed by atoms with Gasteiger partial charge in [0.05, 0.1) is 6.10 Å². The van der Waals surface area contributed by atoms with Gasteiger partial charge in [0.1, 0.15) is 19.3 Å².